The van der Waals surface area contributed by atoms with Crippen LogP contribution >= 0.6 is 11.3 Å². The summed E-state index contributed by atoms with van der Waals surface area (Å²) in [4.78, 5) is 16.0. The summed E-state index contributed by atoms with van der Waals surface area (Å²) in [6.45, 7) is 2.42. The summed E-state index contributed by atoms with van der Waals surface area (Å²) in [6.07, 6.45) is 0.600. The van der Waals surface area contributed by atoms with Gasteiger partial charge in [-0.2, -0.15) is 0 Å². The van der Waals surface area contributed by atoms with Gasteiger partial charge in [-0.3, -0.25) is 0 Å². The fraction of sp³-hybridized carbons (Fsp3) is 0.286. The topological polar surface area (TPSA) is 85.4 Å². The first-order chi connectivity index (χ1) is 9.52. The summed E-state index contributed by atoms with van der Waals surface area (Å²) < 4.78 is 5.00. The summed E-state index contributed by atoms with van der Waals surface area (Å²) >= 11 is 1.18. The molecule has 20 heavy (non-hydrogen) atoms. The van der Waals surface area contributed by atoms with Gasteiger partial charge in [0.2, 0.25) is 0 Å². The average Bonchev–Trinajstić information content (AvgIpc) is 2.84. The van der Waals surface area contributed by atoms with E-state index in [1.165, 1.54) is 11.3 Å². The Morgan fingerprint density at radius 2 is 2.25 bits per heavy atom. The van der Waals surface area contributed by atoms with E-state index in [9.17, 15) is 9.90 Å². The summed E-state index contributed by atoms with van der Waals surface area (Å²) in [6, 6.07) is 5.47. The van der Waals surface area contributed by atoms with Crippen LogP contribution in [0.4, 0.5) is 5.69 Å². The molecule has 3 N–H and O–H groups in total. The standard InChI is InChI=1S/C14H16N2O3S/c1-8-3-4-9(7-10(8)15)12-13(14(17)18)20-11(16-12)5-6-19-2/h3-4,7H,5-6,15H2,1-2H3,(H,17,18). The van der Waals surface area contributed by atoms with Crippen molar-refractivity contribution in [1.29, 1.82) is 0 Å². The number of aryl methyl sites for hydroxylation is 1. The van der Waals surface area contributed by atoms with E-state index in [-0.39, 0.29) is 4.88 Å². The molecule has 0 amide bonds. The number of hydrogen-bond acceptors (Lipinski definition) is 5. The third-order valence-electron chi connectivity index (χ3n) is 2.94. The first-order valence-corrected chi connectivity index (χ1v) is 6.93. The quantitative estimate of drug-likeness (QED) is 0.827. The second kappa shape index (κ2) is 6.02. The summed E-state index contributed by atoms with van der Waals surface area (Å²) in [5, 5.41) is 10.0. The van der Waals surface area contributed by atoms with Crippen LogP contribution in [-0.2, 0) is 11.2 Å². The number of carboxylic acids is 1. The minimum atomic E-state index is -0.972. The predicted molar refractivity (Wildman–Crippen MR) is 79.2 cm³/mol. The number of rotatable bonds is 5. The van der Waals surface area contributed by atoms with Gasteiger partial charge < -0.3 is 15.6 Å². The molecule has 0 spiro atoms. The highest BCUT2D eigenvalue weighted by Crippen LogP contribution is 2.30. The lowest BCUT2D eigenvalue weighted by atomic mass is 10.1. The molecule has 0 saturated carbocycles. The second-order valence-electron chi connectivity index (χ2n) is 4.40. The third-order valence-corrected chi connectivity index (χ3v) is 4.04. The van der Waals surface area contributed by atoms with Crippen LogP contribution in [0.15, 0.2) is 18.2 Å². The number of thiazole rings is 1. The van der Waals surface area contributed by atoms with Gasteiger partial charge in [0.05, 0.1) is 17.3 Å². The molecular formula is C14H16N2O3S. The lowest BCUT2D eigenvalue weighted by Crippen LogP contribution is -1.97. The minimum absolute atomic E-state index is 0.236. The van der Waals surface area contributed by atoms with Crippen LogP contribution in [0.25, 0.3) is 11.3 Å². The maximum Gasteiger partial charge on any atom is 0.348 e. The van der Waals surface area contributed by atoms with E-state index in [1.54, 1.807) is 13.2 Å². The fourth-order valence-electron chi connectivity index (χ4n) is 1.79. The predicted octanol–water partition coefficient (Wildman–Crippen LogP) is 2.59. The molecule has 2 aromatic rings. The summed E-state index contributed by atoms with van der Waals surface area (Å²) in [5.41, 5.74) is 8.67. The number of hydrogen-bond donors (Lipinski definition) is 2. The molecule has 0 bridgehead atoms. The Hall–Kier alpha value is -1.92. The number of nitrogens with two attached hydrogens (primary N) is 1. The Balaban J connectivity index is 2.45. The molecule has 106 valence electrons. The number of anilines is 1. The van der Waals surface area contributed by atoms with Crippen molar-refractivity contribution in [2.75, 3.05) is 19.5 Å². The highest BCUT2D eigenvalue weighted by molar-refractivity contribution is 7.14. The smallest absolute Gasteiger partial charge is 0.348 e. The number of ether oxygens (including phenoxy) is 1. The molecule has 0 aliphatic heterocycles. The Morgan fingerprint density at radius 3 is 2.85 bits per heavy atom. The zero-order chi connectivity index (χ0) is 14.7. The number of benzene rings is 1. The molecule has 0 saturated heterocycles. The van der Waals surface area contributed by atoms with Crippen LogP contribution in [-0.4, -0.2) is 29.8 Å². The third kappa shape index (κ3) is 2.97. The van der Waals surface area contributed by atoms with Crippen molar-refractivity contribution in [3.63, 3.8) is 0 Å². The zero-order valence-corrected chi connectivity index (χ0v) is 12.2. The molecule has 0 radical (unpaired) electrons. The van der Waals surface area contributed by atoms with Crippen LogP contribution in [0.5, 0.6) is 0 Å². The monoisotopic (exact) mass is 292 g/mol. The van der Waals surface area contributed by atoms with E-state index in [0.29, 0.717) is 24.4 Å². The van der Waals surface area contributed by atoms with E-state index in [0.717, 1.165) is 16.1 Å². The number of carbonyl (C=O) groups is 1. The number of aromatic carboxylic acids is 1. The highest BCUT2D eigenvalue weighted by Gasteiger charge is 2.19. The SMILES string of the molecule is COCCc1nc(-c2ccc(C)c(N)c2)c(C(=O)O)s1. The lowest BCUT2D eigenvalue weighted by Gasteiger charge is -2.03. The molecule has 0 fully saturated rings. The van der Waals surface area contributed by atoms with E-state index in [1.807, 2.05) is 19.1 Å². The lowest BCUT2D eigenvalue weighted by molar-refractivity contribution is 0.0702. The van der Waals surface area contributed by atoms with Crippen molar-refractivity contribution in [3.05, 3.63) is 33.6 Å². The van der Waals surface area contributed by atoms with Gasteiger partial charge in [-0.15, -0.1) is 11.3 Å². The summed E-state index contributed by atoms with van der Waals surface area (Å²) in [7, 11) is 1.60. The molecule has 1 aromatic carbocycles. The Kier molecular flexibility index (Phi) is 4.36. The van der Waals surface area contributed by atoms with Crippen LogP contribution in [0.1, 0.15) is 20.2 Å². The average molecular weight is 292 g/mol. The van der Waals surface area contributed by atoms with Gasteiger partial charge in [0.15, 0.2) is 0 Å². The Morgan fingerprint density at radius 1 is 1.50 bits per heavy atom. The van der Waals surface area contributed by atoms with E-state index < -0.39 is 5.97 Å². The molecule has 0 aliphatic rings. The molecule has 2 rings (SSSR count). The molecule has 1 heterocycles. The highest BCUT2D eigenvalue weighted by atomic mass is 32.1. The van der Waals surface area contributed by atoms with Crippen molar-refractivity contribution < 1.29 is 14.6 Å². The van der Waals surface area contributed by atoms with Crippen molar-refractivity contribution >= 4 is 23.0 Å². The molecular weight excluding hydrogens is 276 g/mol. The van der Waals surface area contributed by atoms with Crippen molar-refractivity contribution in [3.8, 4) is 11.3 Å². The molecule has 5 nitrogen and oxygen atoms in total. The number of methoxy groups -OCH3 is 1. The van der Waals surface area contributed by atoms with Crippen molar-refractivity contribution in [2.24, 2.45) is 0 Å². The van der Waals surface area contributed by atoms with Crippen molar-refractivity contribution in [1.82, 2.24) is 4.98 Å². The first-order valence-electron chi connectivity index (χ1n) is 6.11. The zero-order valence-electron chi connectivity index (χ0n) is 11.3. The number of nitrogen functional groups attached to an aromatic ring is 1. The number of aromatic nitrogens is 1. The molecule has 0 atom stereocenters. The normalized spacial score (nSPS) is 10.7. The Bertz CT molecular complexity index is 637. The van der Waals surface area contributed by atoms with Gasteiger partial charge >= 0.3 is 5.97 Å². The maximum atomic E-state index is 11.3. The summed E-state index contributed by atoms with van der Waals surface area (Å²) in [5.74, 6) is -0.972. The minimum Gasteiger partial charge on any atom is -0.477 e. The number of carboxylic acid groups (broad SMARTS) is 1. The van der Waals surface area contributed by atoms with Gasteiger partial charge in [-0.1, -0.05) is 12.1 Å². The van der Waals surface area contributed by atoms with Crippen LogP contribution in [0, 0.1) is 6.92 Å². The van der Waals surface area contributed by atoms with Gasteiger partial charge in [0, 0.05) is 24.8 Å². The van der Waals surface area contributed by atoms with E-state index in [4.69, 9.17) is 10.5 Å². The van der Waals surface area contributed by atoms with Gasteiger partial charge in [-0.05, 0) is 18.6 Å². The maximum absolute atomic E-state index is 11.3. The second-order valence-corrected chi connectivity index (χ2v) is 5.49. The van der Waals surface area contributed by atoms with E-state index in [2.05, 4.69) is 4.98 Å². The van der Waals surface area contributed by atoms with Crippen LogP contribution < -0.4 is 5.73 Å². The van der Waals surface area contributed by atoms with Gasteiger partial charge in [0.1, 0.15) is 4.88 Å². The molecule has 6 heteroatoms. The van der Waals surface area contributed by atoms with E-state index >= 15 is 0 Å². The molecule has 0 unspecified atom stereocenters. The van der Waals surface area contributed by atoms with Gasteiger partial charge in [-0.25, -0.2) is 9.78 Å². The first kappa shape index (κ1) is 14.5. The van der Waals surface area contributed by atoms with Crippen LogP contribution in [0.2, 0.25) is 0 Å². The Labute approximate surface area is 121 Å². The molecule has 0 aliphatic carbocycles. The van der Waals surface area contributed by atoms with Gasteiger partial charge in [0.25, 0.3) is 0 Å². The molecule has 1 aromatic heterocycles. The van der Waals surface area contributed by atoms with Crippen LogP contribution in [0.3, 0.4) is 0 Å². The fourth-order valence-corrected chi connectivity index (χ4v) is 2.69. The number of nitrogens with zero attached hydrogens (tertiary/aromatic N) is 1. The van der Waals surface area contributed by atoms with Crippen molar-refractivity contribution in [2.45, 2.75) is 13.3 Å². The largest absolute Gasteiger partial charge is 0.477 e.